The third kappa shape index (κ3) is 4.99. The van der Waals surface area contributed by atoms with Crippen LogP contribution in [0.3, 0.4) is 0 Å². The molecule has 2 N–H and O–H groups in total. The maximum atomic E-state index is 11.9. The molecule has 0 bridgehead atoms. The van der Waals surface area contributed by atoms with E-state index < -0.39 is 28.1 Å². The molecule has 0 spiro atoms. The van der Waals surface area contributed by atoms with E-state index in [0.717, 1.165) is 38.4 Å². The predicted octanol–water partition coefficient (Wildman–Crippen LogP) is 1.41. The smallest absolute Gasteiger partial charge is 0.335 e. The summed E-state index contributed by atoms with van der Waals surface area (Å²) in [5.41, 5.74) is 0. The second-order valence-electron chi connectivity index (χ2n) is 5.39. The molecule has 0 heterocycles. The number of imide groups is 1. The first-order valence-corrected chi connectivity index (χ1v) is 8.67. The highest BCUT2D eigenvalue weighted by molar-refractivity contribution is 7.88. The summed E-state index contributed by atoms with van der Waals surface area (Å²) < 4.78 is 23.7. The Kier molecular flexibility index (Phi) is 5.79. The van der Waals surface area contributed by atoms with Gasteiger partial charge in [0.25, 0.3) is 0 Å². The van der Waals surface area contributed by atoms with Crippen LogP contribution in [0.5, 0.6) is 0 Å². The van der Waals surface area contributed by atoms with Crippen molar-refractivity contribution < 1.29 is 18.0 Å². The second-order valence-corrected chi connectivity index (χ2v) is 7.25. The average Bonchev–Trinajstić information content (AvgIpc) is 2.26. The molecule has 20 heavy (non-hydrogen) atoms. The predicted molar refractivity (Wildman–Crippen MR) is 75.8 cm³/mol. The fourth-order valence-corrected chi connectivity index (χ4v) is 3.50. The van der Waals surface area contributed by atoms with Crippen molar-refractivity contribution in [3.05, 3.63) is 0 Å². The quantitative estimate of drug-likeness (QED) is 0.824. The van der Waals surface area contributed by atoms with E-state index in [0.29, 0.717) is 4.31 Å². The first-order valence-electron chi connectivity index (χ1n) is 6.82. The number of urea groups is 2. The van der Waals surface area contributed by atoms with Gasteiger partial charge < -0.3 is 5.32 Å². The molecule has 1 saturated carbocycles. The molecule has 1 aliphatic carbocycles. The number of amides is 4. The summed E-state index contributed by atoms with van der Waals surface area (Å²) in [7, 11) is -3.70. The van der Waals surface area contributed by atoms with Gasteiger partial charge in [0.2, 0.25) is 10.0 Å². The molecule has 4 amide bonds. The summed E-state index contributed by atoms with van der Waals surface area (Å²) in [6.45, 7) is 3.14. The van der Waals surface area contributed by atoms with E-state index in [4.69, 9.17) is 0 Å². The molecule has 7 nitrogen and oxygen atoms in total. The minimum absolute atomic E-state index is 0.0577. The normalized spacial score (nSPS) is 16.8. The van der Waals surface area contributed by atoms with Crippen LogP contribution in [0.4, 0.5) is 9.59 Å². The summed E-state index contributed by atoms with van der Waals surface area (Å²) in [4.78, 5) is 23.6. The van der Waals surface area contributed by atoms with Crippen molar-refractivity contribution in [2.45, 2.75) is 58.0 Å². The topological polar surface area (TPSA) is 95.6 Å². The molecular formula is C12H23N3O4S. The van der Waals surface area contributed by atoms with Crippen LogP contribution in [-0.2, 0) is 10.0 Å². The minimum atomic E-state index is -3.70. The van der Waals surface area contributed by atoms with Gasteiger partial charge in [0.1, 0.15) is 0 Å². The summed E-state index contributed by atoms with van der Waals surface area (Å²) in [5.74, 6) is 0. The van der Waals surface area contributed by atoms with E-state index in [1.165, 1.54) is 0 Å². The Hall–Kier alpha value is -1.31. The molecule has 0 saturated heterocycles. The maximum absolute atomic E-state index is 11.9. The zero-order chi connectivity index (χ0) is 15.3. The van der Waals surface area contributed by atoms with Crippen molar-refractivity contribution in [3.63, 3.8) is 0 Å². The number of hydrogen-bond donors (Lipinski definition) is 2. The first-order chi connectivity index (χ1) is 9.21. The largest absolute Gasteiger partial charge is 0.339 e. The van der Waals surface area contributed by atoms with Crippen LogP contribution in [0.15, 0.2) is 0 Å². The van der Waals surface area contributed by atoms with Crippen molar-refractivity contribution in [1.29, 1.82) is 0 Å². The van der Waals surface area contributed by atoms with Crippen molar-refractivity contribution >= 4 is 22.1 Å². The lowest BCUT2D eigenvalue weighted by Crippen LogP contribution is -2.52. The van der Waals surface area contributed by atoms with Crippen molar-refractivity contribution in [2.75, 3.05) is 6.26 Å². The zero-order valence-electron chi connectivity index (χ0n) is 12.2. The van der Waals surface area contributed by atoms with E-state index in [1.54, 1.807) is 13.8 Å². The Morgan fingerprint density at radius 1 is 1.15 bits per heavy atom. The van der Waals surface area contributed by atoms with Crippen LogP contribution < -0.4 is 10.6 Å². The van der Waals surface area contributed by atoms with Crippen LogP contribution in [0.2, 0.25) is 0 Å². The van der Waals surface area contributed by atoms with Crippen molar-refractivity contribution in [2.24, 2.45) is 0 Å². The van der Waals surface area contributed by atoms with Gasteiger partial charge in [-0.3, -0.25) is 5.32 Å². The van der Waals surface area contributed by atoms with Crippen LogP contribution in [0.25, 0.3) is 0 Å². The van der Waals surface area contributed by atoms with Gasteiger partial charge >= 0.3 is 12.1 Å². The number of carbonyl (C=O) groups excluding carboxylic acids is 2. The SMILES string of the molecule is CC(C)N(C(=O)NC(=O)NC1CCCCC1)S(C)(=O)=O. The number of nitrogens with one attached hydrogen (secondary N) is 2. The number of hydrogen-bond acceptors (Lipinski definition) is 4. The number of rotatable bonds is 3. The Morgan fingerprint density at radius 3 is 2.15 bits per heavy atom. The van der Waals surface area contributed by atoms with Crippen LogP contribution in [0, 0.1) is 0 Å². The molecule has 0 aromatic heterocycles. The van der Waals surface area contributed by atoms with E-state index in [-0.39, 0.29) is 6.04 Å². The molecule has 1 rings (SSSR count). The molecule has 8 heteroatoms. The third-order valence-electron chi connectivity index (χ3n) is 3.19. The Morgan fingerprint density at radius 2 is 1.70 bits per heavy atom. The summed E-state index contributed by atoms with van der Waals surface area (Å²) in [6.07, 6.45) is 5.99. The van der Waals surface area contributed by atoms with Gasteiger partial charge in [-0.2, -0.15) is 0 Å². The highest BCUT2D eigenvalue weighted by atomic mass is 32.2. The Bertz CT molecular complexity index is 455. The average molecular weight is 305 g/mol. The van der Waals surface area contributed by atoms with Crippen LogP contribution >= 0.6 is 0 Å². The molecule has 0 aromatic rings. The molecule has 0 unspecified atom stereocenters. The fraction of sp³-hybridized carbons (Fsp3) is 0.833. The monoisotopic (exact) mass is 305 g/mol. The zero-order valence-corrected chi connectivity index (χ0v) is 13.0. The molecule has 1 fully saturated rings. The summed E-state index contributed by atoms with van der Waals surface area (Å²) >= 11 is 0. The Labute approximate surface area is 120 Å². The van der Waals surface area contributed by atoms with E-state index in [1.807, 2.05) is 0 Å². The molecule has 0 aliphatic heterocycles. The van der Waals surface area contributed by atoms with E-state index >= 15 is 0 Å². The van der Waals surface area contributed by atoms with Gasteiger partial charge in [-0.15, -0.1) is 0 Å². The highest BCUT2D eigenvalue weighted by Crippen LogP contribution is 2.17. The molecule has 0 atom stereocenters. The molecule has 0 aromatic carbocycles. The summed E-state index contributed by atoms with van der Waals surface area (Å²) in [5, 5.41) is 4.78. The number of carbonyl (C=O) groups is 2. The van der Waals surface area contributed by atoms with Crippen LogP contribution in [0.1, 0.15) is 46.0 Å². The lowest BCUT2D eigenvalue weighted by molar-refractivity contribution is 0.208. The Balaban J connectivity index is 2.57. The number of nitrogens with zero attached hydrogens (tertiary/aromatic N) is 1. The van der Waals surface area contributed by atoms with Crippen LogP contribution in [-0.4, -0.2) is 43.1 Å². The van der Waals surface area contributed by atoms with Gasteiger partial charge in [0.15, 0.2) is 0 Å². The van der Waals surface area contributed by atoms with Gasteiger partial charge in [-0.25, -0.2) is 22.3 Å². The first kappa shape index (κ1) is 16.7. The minimum Gasteiger partial charge on any atom is -0.335 e. The van der Waals surface area contributed by atoms with Gasteiger partial charge in [0, 0.05) is 12.1 Å². The fourth-order valence-electron chi connectivity index (χ4n) is 2.39. The van der Waals surface area contributed by atoms with Gasteiger partial charge in [-0.05, 0) is 26.7 Å². The molecule has 116 valence electrons. The van der Waals surface area contributed by atoms with E-state index in [9.17, 15) is 18.0 Å². The van der Waals surface area contributed by atoms with E-state index in [2.05, 4.69) is 10.6 Å². The number of sulfonamides is 1. The standard InChI is InChI=1S/C12H23N3O4S/c1-9(2)15(20(3,18)19)12(17)14-11(16)13-10-7-5-4-6-8-10/h9-10H,4-8H2,1-3H3,(H2,13,14,16,17). The van der Waals surface area contributed by atoms with Crippen molar-refractivity contribution in [3.8, 4) is 0 Å². The highest BCUT2D eigenvalue weighted by Gasteiger charge is 2.28. The second kappa shape index (κ2) is 6.92. The lowest BCUT2D eigenvalue weighted by atomic mass is 9.96. The maximum Gasteiger partial charge on any atom is 0.339 e. The summed E-state index contributed by atoms with van der Waals surface area (Å²) in [6, 6.07) is -2.05. The van der Waals surface area contributed by atoms with Gasteiger partial charge in [0.05, 0.1) is 6.26 Å². The van der Waals surface area contributed by atoms with Crippen molar-refractivity contribution in [1.82, 2.24) is 14.9 Å². The third-order valence-corrected chi connectivity index (χ3v) is 4.49. The van der Waals surface area contributed by atoms with Gasteiger partial charge in [-0.1, -0.05) is 19.3 Å². The molecular weight excluding hydrogens is 282 g/mol. The lowest BCUT2D eigenvalue weighted by Gasteiger charge is -2.26. The molecule has 0 radical (unpaired) electrons. The molecule has 1 aliphatic rings.